The van der Waals surface area contributed by atoms with Crippen LogP contribution in [0.1, 0.15) is 11.1 Å². The number of fused-ring (bicyclic) bond motifs is 1. The Morgan fingerprint density at radius 3 is 2.93 bits per heavy atom. The van der Waals surface area contributed by atoms with Crippen molar-refractivity contribution < 1.29 is 0 Å². The molecule has 0 spiro atoms. The molecule has 2 rings (SSSR count). The molecule has 0 saturated heterocycles. The molecule has 0 unspecified atom stereocenters. The van der Waals surface area contributed by atoms with Gasteiger partial charge in [0, 0.05) is 17.6 Å². The number of hydrogen-bond acceptors (Lipinski definition) is 3. The fraction of sp³-hybridized carbons (Fsp3) is 0.182. The van der Waals surface area contributed by atoms with Crippen LogP contribution in [0.2, 0.25) is 0 Å². The van der Waals surface area contributed by atoms with E-state index in [0.29, 0.717) is 6.54 Å². The summed E-state index contributed by atoms with van der Waals surface area (Å²) < 4.78 is 0. The van der Waals surface area contributed by atoms with Gasteiger partial charge in [-0.2, -0.15) is 0 Å². The van der Waals surface area contributed by atoms with Crippen LogP contribution in [0.25, 0.3) is 10.9 Å². The Hall–Kier alpha value is -1.65. The fourth-order valence-electron chi connectivity index (χ4n) is 1.59. The molecule has 15 heavy (non-hydrogen) atoms. The maximum atomic E-state index is 11.4. The number of pyridine rings is 1. The number of aryl methyl sites for hydroxylation is 1. The number of nitrogens with one attached hydrogen (secondary N) is 2. The van der Waals surface area contributed by atoms with Crippen LogP contribution in [0, 0.1) is 6.92 Å². The van der Waals surface area contributed by atoms with Crippen LogP contribution in [0.4, 0.5) is 0 Å². The Bertz CT molecular complexity index is 545. The van der Waals surface area contributed by atoms with Crippen molar-refractivity contribution in [1.82, 2.24) is 10.4 Å². The molecule has 0 aliphatic heterocycles. The molecule has 0 saturated carbocycles. The standard InChI is InChI=1S/C11H13N3O/c1-7-4-9-5-8(6-13-12)2-3-10(9)14-11(7)15/h2-5,13H,6,12H2,1H3,(H,14,15). The maximum absolute atomic E-state index is 11.4. The van der Waals surface area contributed by atoms with Gasteiger partial charge in [-0.05, 0) is 36.1 Å². The SMILES string of the molecule is Cc1cc2cc(CNN)ccc2[nH]c1=O. The molecule has 1 heterocycles. The van der Waals surface area contributed by atoms with E-state index in [1.54, 1.807) is 6.92 Å². The Balaban J connectivity index is 2.61. The van der Waals surface area contributed by atoms with Crippen molar-refractivity contribution in [3.63, 3.8) is 0 Å². The van der Waals surface area contributed by atoms with E-state index in [1.165, 1.54) is 0 Å². The summed E-state index contributed by atoms with van der Waals surface area (Å²) in [4.78, 5) is 14.2. The summed E-state index contributed by atoms with van der Waals surface area (Å²) in [6, 6.07) is 7.72. The first-order valence-electron chi connectivity index (χ1n) is 4.77. The van der Waals surface area contributed by atoms with Gasteiger partial charge in [-0.1, -0.05) is 6.07 Å². The molecular weight excluding hydrogens is 190 g/mol. The van der Waals surface area contributed by atoms with E-state index in [0.717, 1.165) is 22.0 Å². The van der Waals surface area contributed by atoms with Crippen LogP contribution in [-0.2, 0) is 6.54 Å². The third-order valence-corrected chi connectivity index (χ3v) is 2.40. The summed E-state index contributed by atoms with van der Waals surface area (Å²) in [5.74, 6) is 5.25. The van der Waals surface area contributed by atoms with Gasteiger partial charge in [0.1, 0.15) is 0 Å². The van der Waals surface area contributed by atoms with E-state index < -0.39 is 0 Å². The van der Waals surface area contributed by atoms with Crippen molar-refractivity contribution in [3.05, 3.63) is 45.7 Å². The lowest BCUT2D eigenvalue weighted by Crippen LogP contribution is -2.20. The molecule has 4 heteroatoms. The second-order valence-corrected chi connectivity index (χ2v) is 3.58. The van der Waals surface area contributed by atoms with Crippen LogP contribution in [0.15, 0.2) is 29.1 Å². The molecule has 0 aliphatic rings. The number of nitrogens with two attached hydrogens (primary N) is 1. The van der Waals surface area contributed by atoms with Gasteiger partial charge >= 0.3 is 0 Å². The van der Waals surface area contributed by atoms with Gasteiger partial charge in [0.05, 0.1) is 0 Å². The third kappa shape index (κ3) is 1.91. The lowest BCUT2D eigenvalue weighted by Gasteiger charge is -2.03. The molecule has 78 valence electrons. The van der Waals surface area contributed by atoms with Gasteiger partial charge in [0.2, 0.25) is 0 Å². The minimum absolute atomic E-state index is 0.0350. The van der Waals surface area contributed by atoms with Gasteiger partial charge in [0.15, 0.2) is 0 Å². The molecule has 2 aromatic rings. The molecule has 4 nitrogen and oxygen atoms in total. The van der Waals surface area contributed by atoms with Crippen LogP contribution in [0.3, 0.4) is 0 Å². The number of aromatic amines is 1. The Kier molecular flexibility index (Phi) is 2.53. The van der Waals surface area contributed by atoms with E-state index in [9.17, 15) is 4.79 Å². The average molecular weight is 203 g/mol. The fourth-order valence-corrected chi connectivity index (χ4v) is 1.59. The predicted octanol–water partition coefficient (Wildman–Crippen LogP) is 0.800. The molecule has 0 atom stereocenters. The first kappa shape index (κ1) is 9.89. The van der Waals surface area contributed by atoms with E-state index >= 15 is 0 Å². The number of hydrazine groups is 1. The van der Waals surface area contributed by atoms with Crippen molar-refractivity contribution in [1.29, 1.82) is 0 Å². The van der Waals surface area contributed by atoms with Crippen molar-refractivity contribution in [2.24, 2.45) is 5.84 Å². The lowest BCUT2D eigenvalue weighted by atomic mass is 10.1. The molecule has 0 fully saturated rings. The molecule has 0 amide bonds. The smallest absolute Gasteiger partial charge is 0.251 e. The summed E-state index contributed by atoms with van der Waals surface area (Å²) in [7, 11) is 0. The summed E-state index contributed by atoms with van der Waals surface area (Å²) in [5, 5.41) is 1.03. The highest BCUT2D eigenvalue weighted by Gasteiger charge is 1.99. The normalized spacial score (nSPS) is 10.8. The average Bonchev–Trinajstić information content (AvgIpc) is 2.21. The highest BCUT2D eigenvalue weighted by atomic mass is 16.1. The van der Waals surface area contributed by atoms with Gasteiger partial charge in [-0.3, -0.25) is 16.1 Å². The number of aromatic nitrogens is 1. The van der Waals surface area contributed by atoms with Crippen LogP contribution in [-0.4, -0.2) is 4.98 Å². The monoisotopic (exact) mass is 203 g/mol. The van der Waals surface area contributed by atoms with Crippen LogP contribution >= 0.6 is 0 Å². The zero-order valence-electron chi connectivity index (χ0n) is 8.50. The number of H-pyrrole nitrogens is 1. The van der Waals surface area contributed by atoms with Crippen molar-refractivity contribution in [3.8, 4) is 0 Å². The van der Waals surface area contributed by atoms with E-state index in [4.69, 9.17) is 5.84 Å². The molecule has 0 bridgehead atoms. The Morgan fingerprint density at radius 1 is 1.40 bits per heavy atom. The molecule has 0 radical (unpaired) electrons. The molecule has 1 aromatic carbocycles. The predicted molar refractivity (Wildman–Crippen MR) is 60.3 cm³/mol. The van der Waals surface area contributed by atoms with Crippen molar-refractivity contribution >= 4 is 10.9 Å². The van der Waals surface area contributed by atoms with Gasteiger partial charge in [0.25, 0.3) is 5.56 Å². The summed E-state index contributed by atoms with van der Waals surface area (Å²) in [6.45, 7) is 2.42. The van der Waals surface area contributed by atoms with E-state index in [2.05, 4.69) is 10.4 Å². The quantitative estimate of drug-likeness (QED) is 0.499. The van der Waals surface area contributed by atoms with Gasteiger partial charge in [-0.25, -0.2) is 0 Å². The summed E-state index contributed by atoms with van der Waals surface area (Å²) >= 11 is 0. The third-order valence-electron chi connectivity index (χ3n) is 2.40. The summed E-state index contributed by atoms with van der Waals surface area (Å²) in [6.07, 6.45) is 0. The minimum Gasteiger partial charge on any atom is -0.322 e. The minimum atomic E-state index is -0.0350. The largest absolute Gasteiger partial charge is 0.322 e. The highest BCUT2D eigenvalue weighted by molar-refractivity contribution is 5.79. The Morgan fingerprint density at radius 2 is 2.20 bits per heavy atom. The van der Waals surface area contributed by atoms with Crippen LogP contribution in [0.5, 0.6) is 0 Å². The van der Waals surface area contributed by atoms with Gasteiger partial charge < -0.3 is 4.98 Å². The van der Waals surface area contributed by atoms with E-state index in [1.807, 2.05) is 24.3 Å². The zero-order chi connectivity index (χ0) is 10.8. The van der Waals surface area contributed by atoms with Crippen molar-refractivity contribution in [2.45, 2.75) is 13.5 Å². The van der Waals surface area contributed by atoms with E-state index in [-0.39, 0.29) is 5.56 Å². The van der Waals surface area contributed by atoms with Crippen molar-refractivity contribution in [2.75, 3.05) is 0 Å². The van der Waals surface area contributed by atoms with Gasteiger partial charge in [-0.15, -0.1) is 0 Å². The second kappa shape index (κ2) is 3.84. The molecular formula is C11H13N3O. The lowest BCUT2D eigenvalue weighted by molar-refractivity contribution is 0.742. The van der Waals surface area contributed by atoms with Crippen LogP contribution < -0.4 is 16.8 Å². The number of rotatable bonds is 2. The topological polar surface area (TPSA) is 70.9 Å². The number of hydrogen-bond donors (Lipinski definition) is 3. The molecule has 1 aromatic heterocycles. The zero-order valence-corrected chi connectivity index (χ0v) is 8.50. The summed E-state index contributed by atoms with van der Waals surface area (Å²) in [5.41, 5.74) is 5.24. The second-order valence-electron chi connectivity index (χ2n) is 3.58. The molecule has 4 N–H and O–H groups in total. The first-order valence-corrected chi connectivity index (χ1v) is 4.77. The first-order chi connectivity index (χ1) is 7.20. The number of benzene rings is 1. The Labute approximate surface area is 87.1 Å². The maximum Gasteiger partial charge on any atom is 0.251 e. The highest BCUT2D eigenvalue weighted by Crippen LogP contribution is 2.13. The molecule has 0 aliphatic carbocycles.